The number of ketones is 2. The van der Waals surface area contributed by atoms with Gasteiger partial charge in [0, 0.05) is 23.5 Å². The lowest BCUT2D eigenvalue weighted by Crippen LogP contribution is -2.43. The molecule has 2 atom stereocenters. The first-order valence-electron chi connectivity index (χ1n) is 10.5. The molecule has 9 heteroatoms. The van der Waals surface area contributed by atoms with Gasteiger partial charge >= 0.3 is 0 Å². The van der Waals surface area contributed by atoms with Gasteiger partial charge in [0.2, 0.25) is 0 Å². The molecule has 0 aromatic heterocycles. The molecule has 0 heterocycles. The first-order valence-corrected chi connectivity index (χ1v) is 14.2. The number of hydrogen-bond donors (Lipinski definition) is 2. The molecule has 1 aromatic carbocycles. The molecule has 31 heavy (non-hydrogen) atoms. The number of benzene rings is 1. The molecule has 0 radical (unpaired) electrons. The molecule has 2 bridgehead atoms. The molecule has 0 saturated heterocycles. The van der Waals surface area contributed by atoms with Crippen LogP contribution in [0.3, 0.4) is 0 Å². The smallest absolute Gasteiger partial charge is 0.277 e. The van der Waals surface area contributed by atoms with Crippen LogP contribution in [0.1, 0.15) is 43.5 Å². The fraction of sp³-hybridized carbons (Fsp3) is 0.636. The number of fused-ring (bicyclic) bond motifs is 2. The van der Waals surface area contributed by atoms with E-state index in [0.717, 1.165) is 6.42 Å². The molecule has 2 saturated carbocycles. The summed E-state index contributed by atoms with van der Waals surface area (Å²) in [5.41, 5.74) is -1.00. The number of Topliss-reactive ketones (excluding diaryl/α,β-unsaturated/α-hetero) is 2. The number of rotatable bonds is 11. The molecule has 1 aromatic rings. The molecule has 2 aliphatic carbocycles. The highest BCUT2D eigenvalue weighted by Crippen LogP contribution is 2.65. The van der Waals surface area contributed by atoms with E-state index in [4.69, 9.17) is 3.63 Å². The summed E-state index contributed by atoms with van der Waals surface area (Å²) in [6, 6.07) is 8.47. The van der Waals surface area contributed by atoms with Crippen LogP contribution in [0.15, 0.2) is 30.3 Å². The van der Waals surface area contributed by atoms with E-state index in [2.05, 4.69) is 0 Å². The van der Waals surface area contributed by atoms with Gasteiger partial charge in [-0.1, -0.05) is 44.2 Å². The zero-order chi connectivity index (χ0) is 22.9. The van der Waals surface area contributed by atoms with Gasteiger partial charge in [-0.3, -0.25) is 9.59 Å². The van der Waals surface area contributed by atoms with E-state index in [1.54, 1.807) is 30.3 Å². The van der Waals surface area contributed by atoms with Gasteiger partial charge in [0.25, 0.3) is 10.1 Å². The molecular weight excluding hydrogens is 440 g/mol. The minimum Gasteiger partial charge on any atom is -0.395 e. The zero-order valence-electron chi connectivity index (χ0n) is 18.1. The molecule has 2 aliphatic rings. The predicted molar refractivity (Wildman–Crippen MR) is 121 cm³/mol. The van der Waals surface area contributed by atoms with E-state index in [1.165, 1.54) is 0 Å². The second-order valence-corrected chi connectivity index (χ2v) is 14.2. The Hall–Kier alpha value is -1.26. The fourth-order valence-electron chi connectivity index (χ4n) is 5.27. The summed E-state index contributed by atoms with van der Waals surface area (Å²) in [5, 5.41) is 19.2. The van der Waals surface area contributed by atoms with Gasteiger partial charge in [0.1, 0.15) is 5.78 Å². The van der Waals surface area contributed by atoms with Crippen LogP contribution in [0.4, 0.5) is 0 Å². The van der Waals surface area contributed by atoms with Crippen molar-refractivity contribution in [1.29, 1.82) is 0 Å². The Morgan fingerprint density at radius 3 is 2.23 bits per heavy atom. The molecule has 2 unspecified atom stereocenters. The average Bonchev–Trinajstić information content (AvgIpc) is 3.02. The molecule has 2 N–H and O–H groups in total. The van der Waals surface area contributed by atoms with Crippen LogP contribution < -0.4 is 0 Å². The topological polar surface area (TPSA) is 118 Å². The fourth-order valence-corrected chi connectivity index (χ4v) is 11.0. The lowest BCUT2D eigenvalue weighted by Gasteiger charge is -2.40. The van der Waals surface area contributed by atoms with Crippen molar-refractivity contribution >= 4 is 32.0 Å². The third-order valence-corrected chi connectivity index (χ3v) is 12.7. The average molecular weight is 473 g/mol. The van der Waals surface area contributed by atoms with Gasteiger partial charge in [0.15, 0.2) is 5.78 Å². The molecule has 2 fully saturated rings. The Morgan fingerprint density at radius 1 is 1.13 bits per heavy atom. The van der Waals surface area contributed by atoms with Crippen molar-refractivity contribution < 1.29 is 31.8 Å². The summed E-state index contributed by atoms with van der Waals surface area (Å²) < 4.78 is 32.2. The predicted octanol–water partition coefficient (Wildman–Crippen LogP) is 2.32. The first kappa shape index (κ1) is 24.4. The highest BCUT2D eigenvalue weighted by molar-refractivity contribution is 8.33. The monoisotopic (exact) mass is 472 g/mol. The Balaban J connectivity index is 1.88. The number of aliphatic hydroxyl groups excluding tert-OH is 2. The second-order valence-electron chi connectivity index (χ2n) is 9.19. The van der Waals surface area contributed by atoms with Crippen LogP contribution in [-0.2, 0) is 18.5 Å². The van der Waals surface area contributed by atoms with Gasteiger partial charge in [-0.05, 0) is 24.2 Å². The van der Waals surface area contributed by atoms with Crippen LogP contribution in [-0.4, -0.2) is 66.4 Å². The van der Waals surface area contributed by atoms with E-state index in [-0.39, 0.29) is 48.0 Å². The van der Waals surface area contributed by atoms with Crippen molar-refractivity contribution in [3.8, 4) is 0 Å². The minimum atomic E-state index is -4.20. The third kappa shape index (κ3) is 4.61. The third-order valence-electron chi connectivity index (χ3n) is 7.23. The summed E-state index contributed by atoms with van der Waals surface area (Å²) in [6.45, 7) is 3.16. The maximum Gasteiger partial charge on any atom is 0.277 e. The number of carbonyl (C=O) groups excluding carboxylic acids is 2. The van der Waals surface area contributed by atoms with Gasteiger partial charge in [-0.15, -0.1) is 10.3 Å². The molecule has 0 spiro atoms. The van der Waals surface area contributed by atoms with Crippen molar-refractivity contribution in [1.82, 2.24) is 0 Å². The minimum absolute atomic E-state index is 0.0359. The van der Waals surface area contributed by atoms with Gasteiger partial charge < -0.3 is 10.2 Å². The molecule has 0 amide bonds. The maximum absolute atomic E-state index is 13.3. The number of hydrogen-bond acceptors (Lipinski definition) is 7. The number of carbonyl (C=O) groups is 2. The van der Waals surface area contributed by atoms with Crippen LogP contribution >= 0.6 is 10.3 Å². The molecule has 174 valence electrons. The van der Waals surface area contributed by atoms with Crippen molar-refractivity contribution in [2.45, 2.75) is 33.1 Å². The van der Waals surface area contributed by atoms with Gasteiger partial charge in [-0.2, -0.15) is 8.42 Å². The maximum atomic E-state index is 13.3. The molecular formula is C22H32O7S2. The van der Waals surface area contributed by atoms with Crippen LogP contribution in [0, 0.1) is 16.7 Å². The summed E-state index contributed by atoms with van der Waals surface area (Å²) in [7, 11) is -6.87. The highest BCUT2D eigenvalue weighted by Gasteiger charge is 2.65. The Labute approximate surface area is 185 Å². The van der Waals surface area contributed by atoms with Gasteiger partial charge in [-0.25, -0.2) is 3.63 Å². The molecule has 3 rings (SSSR count). The quantitative estimate of drug-likeness (QED) is 0.475. The van der Waals surface area contributed by atoms with Crippen LogP contribution in [0.25, 0.3) is 0 Å². The molecule has 0 aliphatic heterocycles. The van der Waals surface area contributed by atoms with E-state index >= 15 is 0 Å². The van der Waals surface area contributed by atoms with Crippen molar-refractivity contribution in [3.63, 3.8) is 0 Å². The van der Waals surface area contributed by atoms with E-state index in [0.29, 0.717) is 18.4 Å². The van der Waals surface area contributed by atoms with E-state index in [9.17, 15) is 28.2 Å². The second kappa shape index (κ2) is 8.94. The summed E-state index contributed by atoms with van der Waals surface area (Å²) in [5.74, 6) is -0.897. The van der Waals surface area contributed by atoms with E-state index in [1.807, 2.05) is 13.8 Å². The van der Waals surface area contributed by atoms with Crippen LogP contribution in [0.5, 0.6) is 0 Å². The normalized spacial score (nSPS) is 25.7. The van der Waals surface area contributed by atoms with Gasteiger partial charge in [0.05, 0.1) is 30.1 Å². The summed E-state index contributed by atoms with van der Waals surface area (Å²) >= 11 is 0. The summed E-state index contributed by atoms with van der Waals surface area (Å²) in [6.07, 6.45) is 1.71. The Morgan fingerprint density at radius 2 is 1.74 bits per heavy atom. The van der Waals surface area contributed by atoms with Crippen molar-refractivity contribution in [2.24, 2.45) is 16.7 Å². The zero-order valence-corrected chi connectivity index (χ0v) is 19.7. The largest absolute Gasteiger partial charge is 0.395 e. The Bertz CT molecular complexity index is 920. The first-order chi connectivity index (χ1) is 14.5. The highest BCUT2D eigenvalue weighted by atomic mass is 32.3. The van der Waals surface area contributed by atoms with Crippen molar-refractivity contribution in [2.75, 3.05) is 36.2 Å². The number of aliphatic hydroxyl groups is 2. The Kier molecular flexibility index (Phi) is 7.03. The van der Waals surface area contributed by atoms with E-state index < -0.39 is 37.0 Å². The van der Waals surface area contributed by atoms with Crippen LogP contribution in [0.2, 0.25) is 0 Å². The SMILES string of the molecule is CC1(C)C2CCC1(CS(=O)(=O)OS(CCO)(CCO)CC(=O)c1ccccc1)C(=O)C2. The summed E-state index contributed by atoms with van der Waals surface area (Å²) in [4.78, 5) is 25.6. The lowest BCUT2D eigenvalue weighted by atomic mass is 9.70. The van der Waals surface area contributed by atoms with Crippen molar-refractivity contribution in [3.05, 3.63) is 35.9 Å². The molecule has 7 nitrogen and oxygen atoms in total. The lowest BCUT2D eigenvalue weighted by molar-refractivity contribution is -0.128. The standard InChI is InChI=1S/C22H32O7S2/c1-21(2)18-8-9-22(21,20(26)14-18)16-31(27,28)29-30(12-10-23,13-11-24)15-19(25)17-6-4-3-5-7-17/h3-7,18,23-24H,8-16H2,1-2H3.